The van der Waals surface area contributed by atoms with Crippen LogP contribution in [0.4, 0.5) is 0 Å². The summed E-state index contributed by atoms with van der Waals surface area (Å²) in [6, 6.07) is 0. The van der Waals surface area contributed by atoms with Crippen LogP contribution in [0.2, 0.25) is 0 Å². The van der Waals surface area contributed by atoms with Crippen LogP contribution in [-0.4, -0.2) is 14.1 Å². The van der Waals surface area contributed by atoms with Gasteiger partial charge >= 0.3 is 5.82 Å². The van der Waals surface area contributed by atoms with Crippen molar-refractivity contribution in [2.45, 2.75) is 26.3 Å². The van der Waals surface area contributed by atoms with Gasteiger partial charge in [0.1, 0.15) is 12.4 Å². The highest BCUT2D eigenvalue weighted by Gasteiger charge is 2.20. The summed E-state index contributed by atoms with van der Waals surface area (Å²) in [7, 11) is 4.09. The maximum Gasteiger partial charge on any atom is 0.325 e. The third-order valence-corrected chi connectivity index (χ3v) is 2.85. The number of unbranched alkanes of at least 4 members (excludes halogenated alkanes) is 1. The van der Waals surface area contributed by atoms with E-state index in [9.17, 15) is 0 Å². The van der Waals surface area contributed by atoms with Gasteiger partial charge in [0.25, 0.3) is 0 Å². The molecule has 0 unspecified atom stereocenters. The summed E-state index contributed by atoms with van der Waals surface area (Å²) >= 11 is 0. The van der Waals surface area contributed by atoms with Crippen molar-refractivity contribution < 1.29 is 4.57 Å². The van der Waals surface area contributed by atoms with E-state index in [1.165, 1.54) is 18.7 Å². The van der Waals surface area contributed by atoms with Crippen molar-refractivity contribution in [1.29, 1.82) is 0 Å². The standard InChI is InChI=1S/C12H19N4/c1-4-5-7-16-10-9-15(3)12(16)11-13-6-8-14(11)2/h6,8-10H,4-5,7H2,1-3H3/q+1. The molecule has 0 atom stereocenters. The van der Waals surface area contributed by atoms with Crippen LogP contribution in [0, 0.1) is 0 Å². The quantitative estimate of drug-likeness (QED) is 0.716. The number of hydrogen-bond acceptors (Lipinski definition) is 1. The molecule has 2 aromatic rings. The number of aromatic nitrogens is 4. The SMILES string of the molecule is CCCCn1cc[n+](C)c1-c1nccn1C. The minimum Gasteiger partial charge on any atom is -0.328 e. The zero-order chi connectivity index (χ0) is 11.5. The first-order valence-electron chi connectivity index (χ1n) is 5.76. The molecule has 0 aliphatic rings. The fourth-order valence-corrected chi connectivity index (χ4v) is 1.90. The molecule has 0 aliphatic heterocycles. The summed E-state index contributed by atoms with van der Waals surface area (Å²) in [5.41, 5.74) is 0. The molecule has 16 heavy (non-hydrogen) atoms. The lowest BCUT2D eigenvalue weighted by Crippen LogP contribution is -2.30. The molecule has 0 aromatic carbocycles. The van der Waals surface area contributed by atoms with Crippen LogP contribution in [0.25, 0.3) is 11.6 Å². The molecular formula is C12H19N4+. The summed E-state index contributed by atoms with van der Waals surface area (Å²) in [6.07, 6.45) is 10.4. The Morgan fingerprint density at radius 3 is 2.81 bits per heavy atom. The Hall–Kier alpha value is -1.58. The highest BCUT2D eigenvalue weighted by Crippen LogP contribution is 2.13. The third kappa shape index (κ3) is 1.87. The molecule has 0 fully saturated rings. The van der Waals surface area contributed by atoms with E-state index in [0.717, 1.165) is 12.4 Å². The molecular weight excluding hydrogens is 200 g/mol. The number of hydrogen-bond donors (Lipinski definition) is 0. The number of rotatable bonds is 4. The van der Waals surface area contributed by atoms with Gasteiger partial charge in [-0.25, -0.2) is 14.1 Å². The molecule has 0 amide bonds. The van der Waals surface area contributed by atoms with Crippen molar-refractivity contribution in [3.05, 3.63) is 24.8 Å². The van der Waals surface area contributed by atoms with Gasteiger partial charge in [0, 0.05) is 19.4 Å². The molecule has 2 rings (SSSR count). The number of aryl methyl sites for hydroxylation is 3. The molecule has 0 saturated heterocycles. The van der Waals surface area contributed by atoms with E-state index >= 15 is 0 Å². The predicted molar refractivity (Wildman–Crippen MR) is 62.7 cm³/mol. The van der Waals surface area contributed by atoms with E-state index < -0.39 is 0 Å². The normalized spacial score (nSPS) is 10.9. The van der Waals surface area contributed by atoms with E-state index in [2.05, 4.69) is 45.1 Å². The Balaban J connectivity index is 2.39. The number of nitrogens with zero attached hydrogens (tertiary/aromatic N) is 4. The van der Waals surface area contributed by atoms with Crippen LogP contribution in [0.3, 0.4) is 0 Å². The summed E-state index contributed by atoms with van der Waals surface area (Å²) in [5, 5.41) is 0. The second-order valence-electron chi connectivity index (χ2n) is 4.14. The molecule has 86 valence electrons. The van der Waals surface area contributed by atoms with E-state index in [1.54, 1.807) is 0 Å². The fourth-order valence-electron chi connectivity index (χ4n) is 1.90. The van der Waals surface area contributed by atoms with Gasteiger partial charge in [0.2, 0.25) is 5.82 Å². The van der Waals surface area contributed by atoms with Crippen LogP contribution in [0.1, 0.15) is 19.8 Å². The van der Waals surface area contributed by atoms with Gasteiger partial charge in [-0.3, -0.25) is 0 Å². The summed E-state index contributed by atoms with van der Waals surface area (Å²) in [6.45, 7) is 3.27. The third-order valence-electron chi connectivity index (χ3n) is 2.85. The molecule has 0 N–H and O–H groups in total. The van der Waals surface area contributed by atoms with Crippen LogP contribution in [-0.2, 0) is 20.6 Å². The Morgan fingerprint density at radius 1 is 1.38 bits per heavy atom. The largest absolute Gasteiger partial charge is 0.328 e. The van der Waals surface area contributed by atoms with Crippen molar-refractivity contribution in [1.82, 2.24) is 14.1 Å². The van der Waals surface area contributed by atoms with Gasteiger partial charge in [0.05, 0.1) is 13.6 Å². The summed E-state index contributed by atoms with van der Waals surface area (Å²) < 4.78 is 6.45. The van der Waals surface area contributed by atoms with Crippen molar-refractivity contribution in [2.24, 2.45) is 14.1 Å². The maximum atomic E-state index is 4.41. The molecule has 0 bridgehead atoms. The molecule has 4 nitrogen and oxygen atoms in total. The van der Waals surface area contributed by atoms with Gasteiger partial charge in [-0.15, -0.1) is 0 Å². The Labute approximate surface area is 96.2 Å². The minimum absolute atomic E-state index is 1.02. The maximum absolute atomic E-state index is 4.41. The molecule has 2 heterocycles. The first-order valence-corrected chi connectivity index (χ1v) is 5.76. The van der Waals surface area contributed by atoms with Crippen molar-refractivity contribution in [3.63, 3.8) is 0 Å². The minimum atomic E-state index is 1.02. The first-order chi connectivity index (χ1) is 7.74. The monoisotopic (exact) mass is 219 g/mol. The highest BCUT2D eigenvalue weighted by atomic mass is 15.2. The average molecular weight is 219 g/mol. The molecule has 0 aliphatic carbocycles. The average Bonchev–Trinajstić information content (AvgIpc) is 2.82. The molecule has 0 saturated carbocycles. The van der Waals surface area contributed by atoms with Crippen molar-refractivity contribution >= 4 is 0 Å². The van der Waals surface area contributed by atoms with Crippen molar-refractivity contribution in [3.8, 4) is 11.6 Å². The van der Waals surface area contributed by atoms with Crippen LogP contribution < -0.4 is 4.57 Å². The van der Waals surface area contributed by atoms with Gasteiger partial charge in [-0.2, -0.15) is 0 Å². The topological polar surface area (TPSA) is 26.6 Å². The van der Waals surface area contributed by atoms with Crippen molar-refractivity contribution in [2.75, 3.05) is 0 Å². The van der Waals surface area contributed by atoms with Gasteiger partial charge in [-0.1, -0.05) is 13.3 Å². The zero-order valence-electron chi connectivity index (χ0n) is 10.2. The van der Waals surface area contributed by atoms with Gasteiger partial charge < -0.3 is 4.57 Å². The zero-order valence-corrected chi connectivity index (χ0v) is 10.2. The van der Waals surface area contributed by atoms with Crippen LogP contribution in [0.5, 0.6) is 0 Å². The predicted octanol–water partition coefficient (Wildman–Crippen LogP) is 1.51. The van der Waals surface area contributed by atoms with E-state index in [-0.39, 0.29) is 0 Å². The fraction of sp³-hybridized carbons (Fsp3) is 0.500. The lowest BCUT2D eigenvalue weighted by molar-refractivity contribution is -0.660. The highest BCUT2D eigenvalue weighted by molar-refractivity contribution is 5.40. The Kier molecular flexibility index (Phi) is 3.08. The second kappa shape index (κ2) is 4.51. The van der Waals surface area contributed by atoms with E-state index in [0.29, 0.717) is 0 Å². The summed E-state index contributed by atoms with van der Waals surface area (Å²) in [4.78, 5) is 4.41. The van der Waals surface area contributed by atoms with Crippen LogP contribution >= 0.6 is 0 Å². The van der Waals surface area contributed by atoms with E-state index in [1.807, 2.05) is 19.4 Å². The molecule has 2 aromatic heterocycles. The lowest BCUT2D eigenvalue weighted by Gasteiger charge is -2.02. The van der Waals surface area contributed by atoms with E-state index in [4.69, 9.17) is 0 Å². The number of imidazole rings is 2. The van der Waals surface area contributed by atoms with Gasteiger partial charge in [0.15, 0.2) is 0 Å². The lowest BCUT2D eigenvalue weighted by atomic mass is 10.3. The van der Waals surface area contributed by atoms with Gasteiger partial charge in [-0.05, 0) is 6.42 Å². The molecule has 4 heteroatoms. The molecule has 0 radical (unpaired) electrons. The first kappa shape index (κ1) is 10.9. The molecule has 0 spiro atoms. The smallest absolute Gasteiger partial charge is 0.325 e. The Bertz CT molecular complexity index is 467. The van der Waals surface area contributed by atoms with Crippen LogP contribution in [0.15, 0.2) is 24.8 Å². The Morgan fingerprint density at radius 2 is 2.19 bits per heavy atom. The summed E-state index contributed by atoms with van der Waals surface area (Å²) in [5.74, 6) is 2.18. The second-order valence-corrected chi connectivity index (χ2v) is 4.14.